The zero-order valence-corrected chi connectivity index (χ0v) is 27.0. The lowest BCUT2D eigenvalue weighted by atomic mass is 9.92. The number of nitrogens with zero attached hydrogens (tertiary/aromatic N) is 1. The standard InChI is InChI=1S/C48H33N/c1-3-11-34(12-4-1)36-23-28-41(29-24-36)49(43-17-9-16-40(33-43)35-13-5-2-6-14-35)42-30-25-38(26-31-42)44-19-10-20-47-46(44)32-27-39-22-21-37-15-7-8-18-45(37)48(39)47/h1-33H. The molecule has 9 aromatic rings. The van der Waals surface area contributed by atoms with E-state index in [1.165, 1.54) is 65.7 Å². The molecule has 9 aromatic carbocycles. The molecule has 0 aliphatic heterocycles. The second kappa shape index (κ2) is 12.3. The van der Waals surface area contributed by atoms with Crippen molar-refractivity contribution >= 4 is 49.4 Å². The van der Waals surface area contributed by atoms with Gasteiger partial charge in [0.15, 0.2) is 0 Å². The van der Waals surface area contributed by atoms with Crippen LogP contribution in [-0.4, -0.2) is 0 Å². The molecule has 0 spiro atoms. The molecular weight excluding hydrogens is 591 g/mol. The number of benzene rings is 9. The minimum Gasteiger partial charge on any atom is -0.310 e. The molecule has 9 rings (SSSR count). The number of hydrogen-bond donors (Lipinski definition) is 0. The lowest BCUT2D eigenvalue weighted by molar-refractivity contribution is 1.28. The number of hydrogen-bond acceptors (Lipinski definition) is 1. The maximum Gasteiger partial charge on any atom is 0.0467 e. The van der Waals surface area contributed by atoms with E-state index in [1.54, 1.807) is 0 Å². The predicted octanol–water partition coefficient (Wildman–Crippen LogP) is 13.6. The summed E-state index contributed by atoms with van der Waals surface area (Å²) in [6, 6.07) is 72.4. The Bertz CT molecular complexity index is 2570. The molecule has 0 unspecified atom stereocenters. The van der Waals surface area contributed by atoms with Gasteiger partial charge in [-0.2, -0.15) is 0 Å². The van der Waals surface area contributed by atoms with Crippen LogP contribution in [0.1, 0.15) is 0 Å². The summed E-state index contributed by atoms with van der Waals surface area (Å²) < 4.78 is 0. The highest BCUT2D eigenvalue weighted by atomic mass is 15.1. The molecule has 0 aromatic heterocycles. The van der Waals surface area contributed by atoms with Gasteiger partial charge in [0.1, 0.15) is 0 Å². The Kier molecular flexibility index (Phi) is 7.22. The second-order valence-corrected chi connectivity index (χ2v) is 12.6. The first-order valence-electron chi connectivity index (χ1n) is 16.8. The lowest BCUT2D eigenvalue weighted by Gasteiger charge is -2.26. The Morgan fingerprint density at radius 1 is 0.265 bits per heavy atom. The quantitative estimate of drug-likeness (QED) is 0.167. The third-order valence-corrected chi connectivity index (χ3v) is 9.65. The predicted molar refractivity (Wildman–Crippen MR) is 210 cm³/mol. The molecule has 0 amide bonds. The van der Waals surface area contributed by atoms with Crippen LogP contribution in [0.2, 0.25) is 0 Å². The van der Waals surface area contributed by atoms with Crippen molar-refractivity contribution in [2.24, 2.45) is 0 Å². The van der Waals surface area contributed by atoms with E-state index in [9.17, 15) is 0 Å². The van der Waals surface area contributed by atoms with Gasteiger partial charge in [-0.25, -0.2) is 0 Å². The SMILES string of the molecule is c1ccc(-c2ccc(N(c3ccc(-c4cccc5c4ccc4ccc6ccccc6c45)cc3)c3cccc(-c4ccccc4)c3)cc2)cc1. The van der Waals surface area contributed by atoms with Crippen molar-refractivity contribution in [3.63, 3.8) is 0 Å². The summed E-state index contributed by atoms with van der Waals surface area (Å²) in [5.41, 5.74) is 10.6. The molecule has 0 aliphatic rings. The van der Waals surface area contributed by atoms with Crippen molar-refractivity contribution in [3.8, 4) is 33.4 Å². The van der Waals surface area contributed by atoms with Crippen molar-refractivity contribution in [3.05, 3.63) is 200 Å². The third kappa shape index (κ3) is 5.32. The maximum absolute atomic E-state index is 2.35. The summed E-state index contributed by atoms with van der Waals surface area (Å²) in [7, 11) is 0. The van der Waals surface area contributed by atoms with Crippen molar-refractivity contribution in [2.45, 2.75) is 0 Å². The Balaban J connectivity index is 1.15. The van der Waals surface area contributed by atoms with Crippen LogP contribution in [-0.2, 0) is 0 Å². The van der Waals surface area contributed by atoms with Gasteiger partial charge in [0.05, 0.1) is 0 Å². The average molecular weight is 624 g/mol. The molecule has 0 N–H and O–H groups in total. The monoisotopic (exact) mass is 623 g/mol. The molecule has 1 heteroatoms. The highest BCUT2D eigenvalue weighted by Gasteiger charge is 2.15. The van der Waals surface area contributed by atoms with Gasteiger partial charge in [-0.15, -0.1) is 0 Å². The van der Waals surface area contributed by atoms with Crippen LogP contribution in [0.4, 0.5) is 17.1 Å². The molecule has 1 nitrogen and oxygen atoms in total. The summed E-state index contributed by atoms with van der Waals surface area (Å²) >= 11 is 0. The van der Waals surface area contributed by atoms with Crippen LogP contribution in [0.25, 0.3) is 65.7 Å². The second-order valence-electron chi connectivity index (χ2n) is 12.6. The summed E-state index contributed by atoms with van der Waals surface area (Å²) in [4.78, 5) is 2.35. The van der Waals surface area contributed by atoms with Gasteiger partial charge in [0, 0.05) is 17.1 Å². The minimum atomic E-state index is 1.11. The topological polar surface area (TPSA) is 3.24 Å². The fourth-order valence-electron chi connectivity index (χ4n) is 7.24. The van der Waals surface area contributed by atoms with Crippen LogP contribution in [0.3, 0.4) is 0 Å². The zero-order chi connectivity index (χ0) is 32.6. The van der Waals surface area contributed by atoms with Gasteiger partial charge in [0.25, 0.3) is 0 Å². The van der Waals surface area contributed by atoms with E-state index in [4.69, 9.17) is 0 Å². The smallest absolute Gasteiger partial charge is 0.0467 e. The average Bonchev–Trinajstić information content (AvgIpc) is 3.19. The molecule has 0 aliphatic carbocycles. The molecule has 0 bridgehead atoms. The van der Waals surface area contributed by atoms with E-state index in [0.717, 1.165) is 17.1 Å². The van der Waals surface area contributed by atoms with E-state index < -0.39 is 0 Å². The first kappa shape index (κ1) is 28.8. The van der Waals surface area contributed by atoms with Gasteiger partial charge in [0.2, 0.25) is 0 Å². The Morgan fingerprint density at radius 2 is 0.796 bits per heavy atom. The Hall–Kier alpha value is -6.44. The summed E-state index contributed by atoms with van der Waals surface area (Å²) in [5, 5.41) is 7.70. The van der Waals surface area contributed by atoms with Gasteiger partial charge in [-0.3, -0.25) is 0 Å². The zero-order valence-electron chi connectivity index (χ0n) is 27.0. The Labute approximate surface area is 287 Å². The van der Waals surface area contributed by atoms with Crippen LogP contribution in [0.5, 0.6) is 0 Å². The molecule has 49 heavy (non-hydrogen) atoms. The van der Waals surface area contributed by atoms with Crippen LogP contribution in [0.15, 0.2) is 200 Å². The molecular formula is C48H33N. The minimum absolute atomic E-state index is 1.11. The van der Waals surface area contributed by atoms with E-state index in [0.29, 0.717) is 0 Å². The summed E-state index contributed by atoms with van der Waals surface area (Å²) in [5.74, 6) is 0. The largest absolute Gasteiger partial charge is 0.310 e. The summed E-state index contributed by atoms with van der Waals surface area (Å²) in [6.45, 7) is 0. The van der Waals surface area contributed by atoms with Crippen molar-refractivity contribution in [1.29, 1.82) is 0 Å². The first-order chi connectivity index (χ1) is 24.3. The van der Waals surface area contributed by atoms with Crippen LogP contribution < -0.4 is 4.90 Å². The molecule has 0 heterocycles. The van der Waals surface area contributed by atoms with Crippen LogP contribution >= 0.6 is 0 Å². The van der Waals surface area contributed by atoms with Gasteiger partial charge >= 0.3 is 0 Å². The van der Waals surface area contributed by atoms with Crippen LogP contribution in [0, 0.1) is 0 Å². The highest BCUT2D eigenvalue weighted by molar-refractivity contribution is 6.22. The fraction of sp³-hybridized carbons (Fsp3) is 0. The number of fused-ring (bicyclic) bond motifs is 5. The first-order valence-corrected chi connectivity index (χ1v) is 16.8. The highest BCUT2D eigenvalue weighted by Crippen LogP contribution is 2.40. The molecule has 0 atom stereocenters. The van der Waals surface area contributed by atoms with E-state index in [-0.39, 0.29) is 0 Å². The van der Waals surface area contributed by atoms with E-state index >= 15 is 0 Å². The molecule has 0 radical (unpaired) electrons. The normalized spacial score (nSPS) is 11.3. The maximum atomic E-state index is 2.35. The molecule has 0 saturated carbocycles. The Morgan fingerprint density at radius 3 is 1.53 bits per heavy atom. The fourth-order valence-corrected chi connectivity index (χ4v) is 7.24. The summed E-state index contributed by atoms with van der Waals surface area (Å²) in [6.07, 6.45) is 0. The van der Waals surface area contributed by atoms with Crippen molar-refractivity contribution in [1.82, 2.24) is 0 Å². The van der Waals surface area contributed by atoms with E-state index in [2.05, 4.69) is 205 Å². The number of anilines is 3. The molecule has 0 saturated heterocycles. The van der Waals surface area contributed by atoms with Crippen molar-refractivity contribution in [2.75, 3.05) is 4.90 Å². The lowest BCUT2D eigenvalue weighted by Crippen LogP contribution is -2.10. The molecule has 0 fully saturated rings. The van der Waals surface area contributed by atoms with Gasteiger partial charge < -0.3 is 4.90 Å². The molecule has 230 valence electrons. The van der Waals surface area contributed by atoms with E-state index in [1.807, 2.05) is 0 Å². The number of rotatable bonds is 6. The van der Waals surface area contributed by atoms with Crippen molar-refractivity contribution < 1.29 is 0 Å². The van der Waals surface area contributed by atoms with Gasteiger partial charge in [-0.1, -0.05) is 164 Å². The van der Waals surface area contributed by atoms with Gasteiger partial charge in [-0.05, 0) is 102 Å². The third-order valence-electron chi connectivity index (χ3n) is 9.65.